The molecule has 0 spiro atoms. The summed E-state index contributed by atoms with van der Waals surface area (Å²) in [4.78, 5) is 20.0. The van der Waals surface area contributed by atoms with Gasteiger partial charge in [0.1, 0.15) is 0 Å². The smallest absolute Gasteiger partial charge is 0.251 e. The molecule has 6 heteroatoms. The number of H-pyrrole nitrogens is 1. The summed E-state index contributed by atoms with van der Waals surface area (Å²) in [6, 6.07) is 5.88. The van der Waals surface area contributed by atoms with Gasteiger partial charge in [-0.2, -0.15) is 4.98 Å². The van der Waals surface area contributed by atoms with Crippen molar-refractivity contribution >= 4 is 16.8 Å². The Labute approximate surface area is 139 Å². The second kappa shape index (κ2) is 6.11. The first kappa shape index (κ1) is 14.9. The first-order valence-corrected chi connectivity index (χ1v) is 8.41. The summed E-state index contributed by atoms with van der Waals surface area (Å²) in [7, 11) is 0. The van der Waals surface area contributed by atoms with E-state index < -0.39 is 0 Å². The fraction of sp³-hybridized carbons (Fsp3) is 0.389. The maximum Gasteiger partial charge on any atom is 0.251 e. The van der Waals surface area contributed by atoms with E-state index in [4.69, 9.17) is 4.52 Å². The normalized spacial score (nSPS) is 13.9. The molecule has 0 saturated heterocycles. The molecule has 2 heterocycles. The van der Waals surface area contributed by atoms with Crippen LogP contribution in [-0.2, 0) is 19.3 Å². The molecule has 124 valence electrons. The van der Waals surface area contributed by atoms with Crippen LogP contribution in [0.1, 0.15) is 46.2 Å². The predicted molar refractivity (Wildman–Crippen MR) is 90.0 cm³/mol. The van der Waals surface area contributed by atoms with Gasteiger partial charge in [-0.15, -0.1) is 0 Å². The van der Waals surface area contributed by atoms with Crippen molar-refractivity contribution in [3.8, 4) is 0 Å². The minimum Gasteiger partial charge on any atom is -0.358 e. The van der Waals surface area contributed by atoms with Gasteiger partial charge >= 0.3 is 0 Å². The van der Waals surface area contributed by atoms with E-state index >= 15 is 0 Å². The number of carbonyl (C=O) groups excluding carboxylic acids is 1. The third kappa shape index (κ3) is 2.79. The quantitative estimate of drug-likeness (QED) is 0.773. The summed E-state index contributed by atoms with van der Waals surface area (Å²) in [5, 5.41) is 7.84. The summed E-state index contributed by atoms with van der Waals surface area (Å²) in [6.45, 7) is 2.25. The second-order valence-corrected chi connectivity index (χ2v) is 6.29. The van der Waals surface area contributed by atoms with Crippen molar-refractivity contribution in [2.75, 3.05) is 6.54 Å². The van der Waals surface area contributed by atoms with Gasteiger partial charge in [-0.3, -0.25) is 4.79 Å². The summed E-state index contributed by atoms with van der Waals surface area (Å²) < 4.78 is 5.04. The van der Waals surface area contributed by atoms with Crippen LogP contribution in [0.5, 0.6) is 0 Å². The number of aryl methyl sites for hydroxylation is 3. The van der Waals surface area contributed by atoms with Crippen LogP contribution in [-0.4, -0.2) is 27.6 Å². The molecule has 0 atom stereocenters. The molecule has 24 heavy (non-hydrogen) atoms. The van der Waals surface area contributed by atoms with Crippen molar-refractivity contribution in [1.82, 2.24) is 20.4 Å². The zero-order chi connectivity index (χ0) is 16.5. The van der Waals surface area contributed by atoms with Crippen LogP contribution in [0.25, 0.3) is 10.9 Å². The van der Waals surface area contributed by atoms with Gasteiger partial charge in [0.25, 0.3) is 5.91 Å². The largest absolute Gasteiger partial charge is 0.358 e. The number of hydrogen-bond acceptors (Lipinski definition) is 4. The molecule has 1 aliphatic rings. The Morgan fingerprint density at radius 3 is 3.04 bits per heavy atom. The Morgan fingerprint density at radius 2 is 2.21 bits per heavy atom. The van der Waals surface area contributed by atoms with Crippen LogP contribution in [0.4, 0.5) is 0 Å². The van der Waals surface area contributed by atoms with Crippen LogP contribution in [0.3, 0.4) is 0 Å². The molecular formula is C18H20N4O2. The van der Waals surface area contributed by atoms with Crippen molar-refractivity contribution in [3.63, 3.8) is 0 Å². The molecule has 1 amide bonds. The summed E-state index contributed by atoms with van der Waals surface area (Å²) >= 11 is 0. The Hall–Kier alpha value is -2.63. The van der Waals surface area contributed by atoms with Crippen molar-refractivity contribution in [2.45, 2.75) is 39.0 Å². The SMILES string of the molecule is Cc1noc(CCNC(=O)c2ccc3[nH]c4c(c3c2)CCCC4)n1. The molecule has 2 N–H and O–H groups in total. The molecule has 4 rings (SSSR count). The number of aromatic nitrogens is 3. The van der Waals surface area contributed by atoms with E-state index in [0.29, 0.717) is 30.2 Å². The van der Waals surface area contributed by atoms with E-state index in [1.54, 1.807) is 6.92 Å². The zero-order valence-electron chi connectivity index (χ0n) is 13.7. The fourth-order valence-corrected chi connectivity index (χ4v) is 3.37. The standard InChI is InChI=1S/C18H20N4O2/c1-11-20-17(24-22-11)8-9-19-18(23)12-6-7-16-14(10-12)13-4-2-3-5-15(13)21-16/h6-7,10,21H,2-5,8-9H2,1H3,(H,19,23). The van der Waals surface area contributed by atoms with Gasteiger partial charge in [0.2, 0.25) is 5.89 Å². The highest BCUT2D eigenvalue weighted by molar-refractivity contribution is 5.99. The Bertz CT molecular complexity index is 894. The van der Waals surface area contributed by atoms with Gasteiger partial charge < -0.3 is 14.8 Å². The minimum atomic E-state index is -0.0705. The molecule has 3 aromatic rings. The molecular weight excluding hydrogens is 304 g/mol. The molecule has 2 aromatic heterocycles. The highest BCUT2D eigenvalue weighted by Gasteiger charge is 2.16. The molecule has 0 aliphatic heterocycles. The summed E-state index contributed by atoms with van der Waals surface area (Å²) in [5.41, 5.74) is 4.53. The van der Waals surface area contributed by atoms with E-state index in [9.17, 15) is 4.79 Å². The zero-order valence-corrected chi connectivity index (χ0v) is 13.7. The maximum atomic E-state index is 12.4. The highest BCUT2D eigenvalue weighted by atomic mass is 16.5. The summed E-state index contributed by atoms with van der Waals surface area (Å²) in [6.07, 6.45) is 5.20. The van der Waals surface area contributed by atoms with Gasteiger partial charge in [-0.05, 0) is 56.4 Å². The van der Waals surface area contributed by atoms with Gasteiger partial charge in [0, 0.05) is 35.1 Å². The lowest BCUT2D eigenvalue weighted by molar-refractivity contribution is 0.0953. The molecule has 0 unspecified atom stereocenters. The van der Waals surface area contributed by atoms with E-state index in [1.807, 2.05) is 18.2 Å². The lowest BCUT2D eigenvalue weighted by Crippen LogP contribution is -2.25. The van der Waals surface area contributed by atoms with Crippen LogP contribution in [0.2, 0.25) is 0 Å². The monoisotopic (exact) mass is 324 g/mol. The highest BCUT2D eigenvalue weighted by Crippen LogP contribution is 2.29. The summed E-state index contributed by atoms with van der Waals surface area (Å²) in [5.74, 6) is 1.08. The van der Waals surface area contributed by atoms with Crippen LogP contribution in [0.15, 0.2) is 22.7 Å². The van der Waals surface area contributed by atoms with Crippen molar-refractivity contribution in [2.24, 2.45) is 0 Å². The molecule has 1 aliphatic carbocycles. The van der Waals surface area contributed by atoms with Gasteiger partial charge in [-0.25, -0.2) is 0 Å². The molecule has 0 fully saturated rings. The number of rotatable bonds is 4. The predicted octanol–water partition coefficient (Wildman–Crippen LogP) is 2.71. The third-order valence-corrected chi connectivity index (χ3v) is 4.55. The molecule has 6 nitrogen and oxygen atoms in total. The molecule has 0 radical (unpaired) electrons. The number of nitrogens with one attached hydrogen (secondary N) is 2. The maximum absolute atomic E-state index is 12.4. The second-order valence-electron chi connectivity index (χ2n) is 6.29. The number of amides is 1. The van der Waals surface area contributed by atoms with Crippen LogP contribution < -0.4 is 5.32 Å². The van der Waals surface area contributed by atoms with Gasteiger partial charge in [0.15, 0.2) is 5.82 Å². The van der Waals surface area contributed by atoms with Gasteiger partial charge in [-0.1, -0.05) is 5.16 Å². The van der Waals surface area contributed by atoms with E-state index in [-0.39, 0.29) is 5.91 Å². The van der Waals surface area contributed by atoms with Crippen molar-refractivity contribution < 1.29 is 9.32 Å². The van der Waals surface area contributed by atoms with Crippen LogP contribution in [0, 0.1) is 6.92 Å². The van der Waals surface area contributed by atoms with Gasteiger partial charge in [0.05, 0.1) is 0 Å². The minimum absolute atomic E-state index is 0.0705. The lowest BCUT2D eigenvalue weighted by Gasteiger charge is -2.10. The number of fused-ring (bicyclic) bond motifs is 3. The topological polar surface area (TPSA) is 83.8 Å². The lowest BCUT2D eigenvalue weighted by atomic mass is 9.95. The first-order chi connectivity index (χ1) is 11.7. The number of hydrogen-bond donors (Lipinski definition) is 2. The number of benzene rings is 1. The van der Waals surface area contributed by atoms with E-state index in [1.165, 1.54) is 29.5 Å². The molecule has 0 bridgehead atoms. The average Bonchev–Trinajstić information content (AvgIpc) is 3.17. The van der Waals surface area contributed by atoms with Crippen molar-refractivity contribution in [1.29, 1.82) is 0 Å². The fourth-order valence-electron chi connectivity index (χ4n) is 3.37. The Kier molecular flexibility index (Phi) is 3.80. The number of aromatic amines is 1. The Balaban J connectivity index is 1.47. The Morgan fingerprint density at radius 1 is 1.33 bits per heavy atom. The van der Waals surface area contributed by atoms with Crippen LogP contribution >= 0.6 is 0 Å². The van der Waals surface area contributed by atoms with E-state index in [2.05, 4.69) is 20.4 Å². The first-order valence-electron chi connectivity index (χ1n) is 8.41. The average molecular weight is 324 g/mol. The van der Waals surface area contributed by atoms with Crippen molar-refractivity contribution in [3.05, 3.63) is 46.7 Å². The van der Waals surface area contributed by atoms with E-state index in [0.717, 1.165) is 18.4 Å². The molecule has 1 aromatic carbocycles. The molecule has 0 saturated carbocycles. The number of carbonyl (C=O) groups is 1. The number of nitrogens with zero attached hydrogens (tertiary/aromatic N) is 2. The third-order valence-electron chi connectivity index (χ3n) is 4.55.